The Morgan fingerprint density at radius 2 is 1.96 bits per heavy atom. The molecule has 2 aromatic rings. The van der Waals surface area contributed by atoms with E-state index < -0.39 is 0 Å². The number of halogens is 1. The molecule has 7 heteroatoms. The number of piperidine rings is 1. The lowest BCUT2D eigenvalue weighted by Gasteiger charge is -2.31. The molecule has 3 rings (SSSR count). The van der Waals surface area contributed by atoms with E-state index in [-0.39, 0.29) is 18.3 Å². The highest BCUT2D eigenvalue weighted by molar-refractivity contribution is 5.92. The monoisotopic (exact) mass is 363 g/mol. The molecule has 1 saturated heterocycles. The van der Waals surface area contributed by atoms with Gasteiger partial charge in [0.25, 0.3) is 5.91 Å². The number of benzene rings is 1. The van der Waals surface area contributed by atoms with E-state index in [0.29, 0.717) is 12.2 Å². The third-order valence-corrected chi connectivity index (χ3v) is 4.65. The van der Waals surface area contributed by atoms with E-state index in [4.69, 9.17) is 0 Å². The molecular formula is C18H26ClN5O. The Morgan fingerprint density at radius 3 is 2.64 bits per heavy atom. The van der Waals surface area contributed by atoms with Crippen molar-refractivity contribution in [1.82, 2.24) is 25.2 Å². The smallest absolute Gasteiger partial charge is 0.276 e. The first-order valence-electron chi connectivity index (χ1n) is 8.64. The van der Waals surface area contributed by atoms with Crippen molar-refractivity contribution in [3.8, 4) is 0 Å². The van der Waals surface area contributed by atoms with Crippen LogP contribution in [0.15, 0.2) is 36.5 Å². The van der Waals surface area contributed by atoms with Gasteiger partial charge in [-0.1, -0.05) is 35.5 Å². The van der Waals surface area contributed by atoms with Crippen molar-refractivity contribution in [3.05, 3.63) is 47.8 Å². The molecule has 25 heavy (non-hydrogen) atoms. The summed E-state index contributed by atoms with van der Waals surface area (Å²) in [5, 5.41) is 11.4. The standard InChI is InChI=1S/C18H25N5O.ClH/c1-19-10-7-15-8-11-22(12-9-15)18(24)17-14-23(21-20-17)13-16-5-3-2-4-6-16;/h2-6,14-15,19H,7-13H2,1H3;1H. The SMILES string of the molecule is CNCCC1CCN(C(=O)c2cn(Cc3ccccc3)nn2)CC1.Cl. The fourth-order valence-corrected chi connectivity index (χ4v) is 3.18. The number of carbonyl (C=O) groups is 1. The third kappa shape index (κ3) is 5.28. The zero-order chi connectivity index (χ0) is 16.8. The topological polar surface area (TPSA) is 63.1 Å². The lowest BCUT2D eigenvalue weighted by atomic mass is 9.93. The maximum atomic E-state index is 12.6. The lowest BCUT2D eigenvalue weighted by molar-refractivity contribution is 0.0681. The van der Waals surface area contributed by atoms with Gasteiger partial charge >= 0.3 is 0 Å². The molecule has 0 aliphatic carbocycles. The first-order valence-corrected chi connectivity index (χ1v) is 8.64. The highest BCUT2D eigenvalue weighted by atomic mass is 35.5. The summed E-state index contributed by atoms with van der Waals surface area (Å²) < 4.78 is 1.72. The van der Waals surface area contributed by atoms with E-state index in [0.717, 1.165) is 44.0 Å². The van der Waals surface area contributed by atoms with Crippen LogP contribution in [0.1, 0.15) is 35.3 Å². The van der Waals surface area contributed by atoms with Crippen molar-refractivity contribution in [2.24, 2.45) is 5.92 Å². The van der Waals surface area contributed by atoms with Gasteiger partial charge in [0.05, 0.1) is 12.7 Å². The highest BCUT2D eigenvalue weighted by Gasteiger charge is 2.25. The molecule has 1 amide bonds. The van der Waals surface area contributed by atoms with Crippen molar-refractivity contribution in [2.45, 2.75) is 25.8 Å². The van der Waals surface area contributed by atoms with Crippen LogP contribution in [-0.2, 0) is 6.54 Å². The third-order valence-electron chi connectivity index (χ3n) is 4.65. The van der Waals surface area contributed by atoms with E-state index in [1.54, 1.807) is 10.9 Å². The summed E-state index contributed by atoms with van der Waals surface area (Å²) in [5.41, 5.74) is 1.59. The Balaban J connectivity index is 0.00000225. The van der Waals surface area contributed by atoms with Crippen LogP contribution < -0.4 is 5.32 Å². The number of carbonyl (C=O) groups excluding carboxylic acids is 1. The Morgan fingerprint density at radius 1 is 1.24 bits per heavy atom. The van der Waals surface area contributed by atoms with Gasteiger partial charge in [-0.3, -0.25) is 4.79 Å². The molecular weight excluding hydrogens is 338 g/mol. The molecule has 136 valence electrons. The molecule has 1 N–H and O–H groups in total. The van der Waals surface area contributed by atoms with Crippen LogP contribution in [0, 0.1) is 5.92 Å². The second kappa shape index (κ2) is 9.53. The van der Waals surface area contributed by atoms with E-state index in [2.05, 4.69) is 15.6 Å². The largest absolute Gasteiger partial charge is 0.337 e. The maximum Gasteiger partial charge on any atom is 0.276 e. The highest BCUT2D eigenvalue weighted by Crippen LogP contribution is 2.21. The summed E-state index contributed by atoms with van der Waals surface area (Å²) in [4.78, 5) is 14.5. The predicted octanol–water partition coefficient (Wildman–Crippen LogP) is 2.21. The van der Waals surface area contributed by atoms with E-state index in [1.165, 1.54) is 6.42 Å². The number of nitrogens with one attached hydrogen (secondary N) is 1. The summed E-state index contributed by atoms with van der Waals surface area (Å²) in [5.74, 6) is 0.719. The Labute approximate surface area is 155 Å². The number of hydrogen-bond acceptors (Lipinski definition) is 4. The second-order valence-electron chi connectivity index (χ2n) is 6.41. The number of amides is 1. The normalized spacial score (nSPS) is 15.0. The van der Waals surface area contributed by atoms with Crippen LogP contribution in [0.3, 0.4) is 0 Å². The van der Waals surface area contributed by atoms with Crippen LogP contribution in [0.4, 0.5) is 0 Å². The number of aromatic nitrogens is 3. The Bertz CT molecular complexity index is 652. The van der Waals surface area contributed by atoms with Gasteiger partial charge in [0.2, 0.25) is 0 Å². The molecule has 6 nitrogen and oxygen atoms in total. The average molecular weight is 364 g/mol. The van der Waals surface area contributed by atoms with Crippen LogP contribution in [0.25, 0.3) is 0 Å². The van der Waals surface area contributed by atoms with Crippen LogP contribution in [0.5, 0.6) is 0 Å². The van der Waals surface area contributed by atoms with Crippen molar-refractivity contribution in [2.75, 3.05) is 26.7 Å². The van der Waals surface area contributed by atoms with Gasteiger partial charge in [-0.15, -0.1) is 17.5 Å². The van der Waals surface area contributed by atoms with E-state index in [9.17, 15) is 4.79 Å². The number of rotatable bonds is 6. The minimum atomic E-state index is 0. The second-order valence-corrected chi connectivity index (χ2v) is 6.41. The lowest BCUT2D eigenvalue weighted by Crippen LogP contribution is -2.39. The molecule has 0 radical (unpaired) electrons. The molecule has 1 aliphatic rings. The fourth-order valence-electron chi connectivity index (χ4n) is 3.18. The first-order chi connectivity index (χ1) is 11.8. The molecule has 0 saturated carbocycles. The molecule has 0 atom stereocenters. The molecule has 2 heterocycles. The average Bonchev–Trinajstić information content (AvgIpc) is 3.09. The minimum Gasteiger partial charge on any atom is -0.337 e. The molecule has 1 aliphatic heterocycles. The summed E-state index contributed by atoms with van der Waals surface area (Å²) in [7, 11) is 1.98. The number of nitrogens with zero attached hydrogens (tertiary/aromatic N) is 4. The summed E-state index contributed by atoms with van der Waals surface area (Å²) in [6, 6.07) is 10.1. The van der Waals surface area contributed by atoms with Gasteiger partial charge in [-0.25, -0.2) is 4.68 Å². The maximum absolute atomic E-state index is 12.6. The van der Waals surface area contributed by atoms with Crippen molar-refractivity contribution >= 4 is 18.3 Å². The van der Waals surface area contributed by atoms with Crippen molar-refractivity contribution in [3.63, 3.8) is 0 Å². The molecule has 1 fully saturated rings. The Kier molecular flexibility index (Phi) is 7.40. The van der Waals surface area contributed by atoms with Gasteiger partial charge in [0.15, 0.2) is 5.69 Å². The minimum absolute atomic E-state index is 0. The van der Waals surface area contributed by atoms with Crippen LogP contribution in [-0.4, -0.2) is 52.5 Å². The summed E-state index contributed by atoms with van der Waals surface area (Å²) in [6.07, 6.45) is 5.09. The van der Waals surface area contributed by atoms with Gasteiger partial charge < -0.3 is 10.2 Å². The van der Waals surface area contributed by atoms with E-state index in [1.807, 2.05) is 42.3 Å². The van der Waals surface area contributed by atoms with Gasteiger partial charge in [-0.05, 0) is 44.3 Å². The summed E-state index contributed by atoms with van der Waals surface area (Å²) >= 11 is 0. The molecule has 0 spiro atoms. The number of likely N-dealkylation sites (tertiary alicyclic amines) is 1. The van der Waals surface area contributed by atoms with Crippen LogP contribution >= 0.6 is 12.4 Å². The van der Waals surface area contributed by atoms with E-state index >= 15 is 0 Å². The zero-order valence-electron chi connectivity index (χ0n) is 14.6. The first kappa shape index (κ1) is 19.4. The van der Waals surface area contributed by atoms with Gasteiger partial charge in [0, 0.05) is 13.1 Å². The van der Waals surface area contributed by atoms with Crippen molar-refractivity contribution < 1.29 is 4.79 Å². The van der Waals surface area contributed by atoms with Gasteiger partial charge in [-0.2, -0.15) is 0 Å². The number of hydrogen-bond donors (Lipinski definition) is 1. The van der Waals surface area contributed by atoms with Crippen molar-refractivity contribution in [1.29, 1.82) is 0 Å². The molecule has 0 bridgehead atoms. The quantitative estimate of drug-likeness (QED) is 0.854. The molecule has 1 aromatic heterocycles. The summed E-state index contributed by atoms with van der Waals surface area (Å²) in [6.45, 7) is 3.32. The fraction of sp³-hybridized carbons (Fsp3) is 0.500. The molecule has 0 unspecified atom stereocenters. The molecule has 1 aromatic carbocycles. The van der Waals surface area contributed by atoms with Gasteiger partial charge in [0.1, 0.15) is 0 Å². The zero-order valence-corrected chi connectivity index (χ0v) is 15.4. The van der Waals surface area contributed by atoms with Crippen LogP contribution in [0.2, 0.25) is 0 Å². The predicted molar refractivity (Wildman–Crippen MR) is 100.0 cm³/mol. The Hall–Kier alpha value is -1.92.